The third-order valence-corrected chi connectivity index (χ3v) is 9.37. The van der Waals surface area contributed by atoms with Gasteiger partial charge >= 0.3 is 5.97 Å². The Labute approximate surface area is 285 Å². The summed E-state index contributed by atoms with van der Waals surface area (Å²) in [5, 5.41) is 0. The zero-order chi connectivity index (χ0) is 34.2. The Bertz CT molecular complexity index is 716. The Morgan fingerprint density at radius 2 is 1.00 bits per heavy atom. The van der Waals surface area contributed by atoms with E-state index in [-0.39, 0.29) is 25.8 Å². The molecule has 2 atom stereocenters. The molecular weight excluding hydrogens is 601 g/mol. The molecule has 276 valence electrons. The van der Waals surface area contributed by atoms with E-state index in [1.807, 2.05) is 21.1 Å². The molecule has 0 fully saturated rings. The topological polar surface area (TPSA) is 94.1 Å². The Morgan fingerprint density at radius 3 is 1.43 bits per heavy atom. The van der Waals surface area contributed by atoms with Gasteiger partial charge in [0.2, 0.25) is 0 Å². The molecule has 0 aliphatic rings. The lowest BCUT2D eigenvalue weighted by atomic mass is 10.0. The number of phosphoric ester groups is 1. The molecule has 0 saturated carbocycles. The highest BCUT2D eigenvalue weighted by atomic mass is 31.2. The van der Waals surface area contributed by atoms with E-state index in [1.54, 1.807) is 0 Å². The van der Waals surface area contributed by atoms with Gasteiger partial charge in [0.1, 0.15) is 19.3 Å². The van der Waals surface area contributed by atoms with E-state index < -0.39 is 13.9 Å². The number of carbonyl (C=O) groups excluding carboxylic acids is 1. The fourth-order valence-electron chi connectivity index (χ4n) is 5.37. The highest BCUT2D eigenvalue weighted by molar-refractivity contribution is 7.45. The summed E-state index contributed by atoms with van der Waals surface area (Å²) in [4.78, 5) is 24.8. The summed E-state index contributed by atoms with van der Waals surface area (Å²) >= 11 is 0. The van der Waals surface area contributed by atoms with Gasteiger partial charge in [-0.1, -0.05) is 155 Å². The van der Waals surface area contributed by atoms with Crippen LogP contribution in [0.3, 0.4) is 0 Å². The number of nitrogens with zero attached hydrogens (tertiary/aromatic N) is 1. The Morgan fingerprint density at radius 1 is 0.587 bits per heavy atom. The first-order chi connectivity index (χ1) is 22.1. The molecule has 0 radical (unpaired) electrons. The number of hydrogen-bond donors (Lipinski definition) is 0. The van der Waals surface area contributed by atoms with Crippen molar-refractivity contribution in [2.24, 2.45) is 0 Å². The molecule has 0 aliphatic carbocycles. The number of ether oxygens (including phenoxy) is 2. The molecule has 8 nitrogen and oxygen atoms in total. The molecular formula is C37H76NO7P. The van der Waals surface area contributed by atoms with Crippen molar-refractivity contribution < 1.29 is 37.3 Å². The van der Waals surface area contributed by atoms with Crippen LogP contribution in [0.1, 0.15) is 174 Å². The van der Waals surface area contributed by atoms with Crippen molar-refractivity contribution in [3.05, 3.63) is 0 Å². The molecule has 0 heterocycles. The van der Waals surface area contributed by atoms with Crippen LogP contribution in [0.5, 0.6) is 0 Å². The highest BCUT2D eigenvalue weighted by Crippen LogP contribution is 2.38. The molecule has 0 bridgehead atoms. The van der Waals surface area contributed by atoms with Gasteiger partial charge in [-0.25, -0.2) is 0 Å². The van der Waals surface area contributed by atoms with Gasteiger partial charge in [0.15, 0.2) is 0 Å². The highest BCUT2D eigenvalue weighted by Gasteiger charge is 2.20. The van der Waals surface area contributed by atoms with Crippen LogP contribution < -0.4 is 4.89 Å². The van der Waals surface area contributed by atoms with E-state index in [2.05, 4.69) is 13.8 Å². The zero-order valence-corrected chi connectivity index (χ0v) is 31.9. The van der Waals surface area contributed by atoms with E-state index in [9.17, 15) is 14.3 Å². The summed E-state index contributed by atoms with van der Waals surface area (Å²) in [6, 6.07) is 0. The van der Waals surface area contributed by atoms with E-state index in [0.29, 0.717) is 24.1 Å². The second-order valence-electron chi connectivity index (χ2n) is 14.3. The van der Waals surface area contributed by atoms with Gasteiger partial charge in [-0.3, -0.25) is 9.36 Å². The minimum Gasteiger partial charge on any atom is -0.756 e. The van der Waals surface area contributed by atoms with Crippen molar-refractivity contribution in [3.63, 3.8) is 0 Å². The fraction of sp³-hybridized carbons (Fsp3) is 0.973. The van der Waals surface area contributed by atoms with Crippen LogP contribution in [0.15, 0.2) is 0 Å². The maximum atomic E-state index is 12.6. The minimum absolute atomic E-state index is 0.0304. The Kier molecular flexibility index (Phi) is 31.4. The van der Waals surface area contributed by atoms with E-state index in [0.717, 1.165) is 32.1 Å². The van der Waals surface area contributed by atoms with Gasteiger partial charge in [0, 0.05) is 13.0 Å². The van der Waals surface area contributed by atoms with Crippen molar-refractivity contribution in [3.8, 4) is 0 Å². The lowest BCUT2D eigenvalue weighted by molar-refractivity contribution is -0.870. The number of quaternary nitrogens is 1. The maximum absolute atomic E-state index is 12.6. The normalized spacial score (nSPS) is 14.0. The van der Waals surface area contributed by atoms with Gasteiger partial charge in [0.25, 0.3) is 7.82 Å². The number of unbranched alkanes of at least 4 members (excludes halogenated alkanes) is 22. The fourth-order valence-corrected chi connectivity index (χ4v) is 6.10. The van der Waals surface area contributed by atoms with Gasteiger partial charge in [-0.2, -0.15) is 0 Å². The lowest BCUT2D eigenvalue weighted by Crippen LogP contribution is -2.37. The van der Waals surface area contributed by atoms with Crippen LogP contribution >= 0.6 is 7.82 Å². The summed E-state index contributed by atoms with van der Waals surface area (Å²) in [6.45, 7) is 5.39. The van der Waals surface area contributed by atoms with Crippen molar-refractivity contribution >= 4 is 13.8 Å². The average Bonchev–Trinajstić information content (AvgIpc) is 2.99. The molecule has 0 rings (SSSR count). The lowest BCUT2D eigenvalue weighted by Gasteiger charge is -2.28. The molecule has 0 saturated heterocycles. The molecule has 0 N–H and O–H groups in total. The van der Waals surface area contributed by atoms with Gasteiger partial charge in [-0.05, 0) is 12.8 Å². The molecule has 0 aromatic carbocycles. The SMILES string of the molecule is CCCCCCCCCCCCCCCCCCCCC(=O)OC(COCCCCCCCC)COP(=O)([O-])OCC[N+](C)(C)C. The molecule has 0 aromatic rings. The predicted octanol–water partition coefficient (Wildman–Crippen LogP) is 9.91. The summed E-state index contributed by atoms with van der Waals surface area (Å²) in [5.41, 5.74) is 0. The van der Waals surface area contributed by atoms with Crippen LogP contribution in [0.4, 0.5) is 0 Å². The molecule has 9 heteroatoms. The molecule has 0 aliphatic heterocycles. The Balaban J connectivity index is 4.09. The standard InChI is InChI=1S/C37H76NO7P/c1-6-8-10-12-14-15-16-17-18-19-20-21-22-23-24-25-26-28-30-37(39)45-36(34-42-32-29-27-13-11-9-7-2)35-44-46(40,41)43-33-31-38(3,4)5/h36H,6-35H2,1-5H3. The minimum atomic E-state index is -4.50. The molecule has 0 aromatic heterocycles. The zero-order valence-electron chi connectivity index (χ0n) is 31.0. The van der Waals surface area contributed by atoms with Crippen LogP contribution in [0, 0.1) is 0 Å². The maximum Gasteiger partial charge on any atom is 0.306 e. The van der Waals surface area contributed by atoms with Crippen molar-refractivity contribution in [1.29, 1.82) is 0 Å². The molecule has 0 spiro atoms. The van der Waals surface area contributed by atoms with Crippen LogP contribution in [-0.4, -0.2) is 70.7 Å². The predicted molar refractivity (Wildman–Crippen MR) is 190 cm³/mol. The Hall–Kier alpha value is -0.500. The van der Waals surface area contributed by atoms with Gasteiger partial charge in [-0.15, -0.1) is 0 Å². The summed E-state index contributed by atoms with van der Waals surface area (Å²) < 4.78 is 34.3. The number of carbonyl (C=O) groups is 1. The summed E-state index contributed by atoms with van der Waals surface area (Å²) in [6.07, 6.45) is 29.8. The number of rotatable bonds is 36. The third-order valence-electron chi connectivity index (χ3n) is 8.41. The van der Waals surface area contributed by atoms with Crippen LogP contribution in [0.2, 0.25) is 0 Å². The first-order valence-electron chi connectivity index (χ1n) is 19.3. The summed E-state index contributed by atoms with van der Waals surface area (Å²) in [7, 11) is 1.37. The van der Waals surface area contributed by atoms with Crippen molar-refractivity contribution in [2.75, 3.05) is 54.1 Å². The third kappa shape index (κ3) is 34.8. The smallest absolute Gasteiger partial charge is 0.306 e. The first kappa shape index (κ1) is 45.5. The van der Waals surface area contributed by atoms with Crippen molar-refractivity contribution in [1.82, 2.24) is 0 Å². The molecule has 2 unspecified atom stereocenters. The average molecular weight is 678 g/mol. The number of hydrogen-bond acceptors (Lipinski definition) is 7. The number of phosphoric acid groups is 1. The number of esters is 1. The van der Waals surface area contributed by atoms with E-state index >= 15 is 0 Å². The number of likely N-dealkylation sites (N-methyl/N-ethyl adjacent to an activating group) is 1. The molecule has 0 amide bonds. The summed E-state index contributed by atoms with van der Waals surface area (Å²) in [5.74, 6) is -0.333. The second-order valence-corrected chi connectivity index (χ2v) is 15.7. The monoisotopic (exact) mass is 678 g/mol. The largest absolute Gasteiger partial charge is 0.756 e. The van der Waals surface area contributed by atoms with E-state index in [1.165, 1.54) is 122 Å². The van der Waals surface area contributed by atoms with Gasteiger partial charge in [0.05, 0.1) is 34.4 Å². The quantitative estimate of drug-likeness (QED) is 0.0282. The van der Waals surface area contributed by atoms with Crippen LogP contribution in [-0.2, 0) is 27.9 Å². The first-order valence-corrected chi connectivity index (χ1v) is 20.7. The second kappa shape index (κ2) is 31.7. The van der Waals surface area contributed by atoms with Crippen molar-refractivity contribution in [2.45, 2.75) is 180 Å². The van der Waals surface area contributed by atoms with Crippen LogP contribution in [0.25, 0.3) is 0 Å². The van der Waals surface area contributed by atoms with E-state index in [4.69, 9.17) is 18.5 Å². The van der Waals surface area contributed by atoms with Gasteiger partial charge < -0.3 is 27.9 Å². The molecule has 46 heavy (non-hydrogen) atoms.